The first-order valence-corrected chi connectivity index (χ1v) is 8.47. The zero-order valence-corrected chi connectivity index (χ0v) is 14.2. The Morgan fingerprint density at radius 3 is 2.62 bits per heavy atom. The van der Waals surface area contributed by atoms with Crippen molar-refractivity contribution in [2.75, 3.05) is 18.5 Å². The molecule has 0 aliphatic carbocycles. The Bertz CT molecular complexity index is 851. The van der Waals surface area contributed by atoms with Crippen LogP contribution >= 0.6 is 0 Å². The highest BCUT2D eigenvalue weighted by Crippen LogP contribution is 2.14. The van der Waals surface area contributed by atoms with E-state index in [9.17, 15) is 9.59 Å². The van der Waals surface area contributed by atoms with Crippen molar-refractivity contribution in [2.45, 2.75) is 18.9 Å². The molecule has 26 heavy (non-hydrogen) atoms. The molecule has 0 saturated carbocycles. The van der Waals surface area contributed by atoms with Gasteiger partial charge in [-0.2, -0.15) is 5.26 Å². The molecular formula is C20H19N3O3. The molecular weight excluding hydrogens is 330 g/mol. The van der Waals surface area contributed by atoms with Gasteiger partial charge in [0.1, 0.15) is 0 Å². The quantitative estimate of drug-likeness (QED) is 0.868. The Kier molecular flexibility index (Phi) is 5.62. The van der Waals surface area contributed by atoms with E-state index in [4.69, 9.17) is 10.00 Å². The molecule has 1 aliphatic heterocycles. The molecule has 0 spiro atoms. The number of benzene rings is 2. The molecule has 1 unspecified atom stereocenters. The van der Waals surface area contributed by atoms with E-state index in [-0.39, 0.29) is 17.9 Å². The number of hydrogen-bond acceptors (Lipinski definition) is 4. The van der Waals surface area contributed by atoms with Gasteiger partial charge in [-0.1, -0.05) is 12.1 Å². The van der Waals surface area contributed by atoms with Crippen molar-refractivity contribution in [1.29, 1.82) is 5.26 Å². The predicted molar refractivity (Wildman–Crippen MR) is 96.9 cm³/mol. The van der Waals surface area contributed by atoms with E-state index in [1.807, 2.05) is 6.07 Å². The minimum Gasteiger partial charge on any atom is -0.376 e. The number of ether oxygens (including phenoxy) is 1. The van der Waals surface area contributed by atoms with Crippen LogP contribution in [0.2, 0.25) is 0 Å². The molecule has 1 aliphatic rings. The minimum atomic E-state index is -0.339. The number of rotatable bonds is 5. The van der Waals surface area contributed by atoms with E-state index in [1.165, 1.54) is 0 Å². The number of amides is 2. The number of nitrogens with zero attached hydrogens (tertiary/aromatic N) is 1. The van der Waals surface area contributed by atoms with Gasteiger partial charge in [0.15, 0.2) is 0 Å². The van der Waals surface area contributed by atoms with Gasteiger partial charge in [-0.05, 0) is 49.2 Å². The van der Waals surface area contributed by atoms with Crippen LogP contribution in [0.1, 0.15) is 39.1 Å². The average Bonchev–Trinajstić information content (AvgIpc) is 3.20. The van der Waals surface area contributed by atoms with Gasteiger partial charge in [-0.15, -0.1) is 0 Å². The maximum Gasteiger partial charge on any atom is 0.255 e. The molecule has 2 amide bonds. The highest BCUT2D eigenvalue weighted by molar-refractivity contribution is 6.06. The summed E-state index contributed by atoms with van der Waals surface area (Å²) in [5.74, 6) is -0.574. The average molecular weight is 349 g/mol. The summed E-state index contributed by atoms with van der Waals surface area (Å²) >= 11 is 0. The molecule has 2 aromatic carbocycles. The molecule has 0 bridgehead atoms. The number of carbonyl (C=O) groups is 2. The van der Waals surface area contributed by atoms with Gasteiger partial charge in [0.25, 0.3) is 11.8 Å². The molecule has 1 saturated heterocycles. The van der Waals surface area contributed by atoms with Gasteiger partial charge in [0, 0.05) is 30.0 Å². The van der Waals surface area contributed by atoms with Crippen molar-refractivity contribution in [3.8, 4) is 6.07 Å². The van der Waals surface area contributed by atoms with E-state index in [1.54, 1.807) is 48.5 Å². The lowest BCUT2D eigenvalue weighted by Gasteiger charge is -2.11. The van der Waals surface area contributed by atoms with E-state index in [2.05, 4.69) is 10.6 Å². The lowest BCUT2D eigenvalue weighted by atomic mass is 10.1. The van der Waals surface area contributed by atoms with Crippen molar-refractivity contribution in [1.82, 2.24) is 5.32 Å². The highest BCUT2D eigenvalue weighted by atomic mass is 16.5. The number of nitriles is 1. The predicted octanol–water partition coefficient (Wildman–Crippen LogP) is 2.72. The summed E-state index contributed by atoms with van der Waals surface area (Å²) in [5.41, 5.74) is 1.78. The third-order valence-electron chi connectivity index (χ3n) is 4.15. The monoisotopic (exact) mass is 349 g/mol. The second-order valence-electron chi connectivity index (χ2n) is 6.07. The van der Waals surface area contributed by atoms with Gasteiger partial charge in [0.2, 0.25) is 0 Å². The number of nitrogens with one attached hydrogen (secondary N) is 2. The van der Waals surface area contributed by atoms with E-state index in [0.29, 0.717) is 28.9 Å². The first-order valence-electron chi connectivity index (χ1n) is 8.47. The molecule has 6 nitrogen and oxygen atoms in total. The first-order chi connectivity index (χ1) is 12.7. The topological polar surface area (TPSA) is 91.2 Å². The van der Waals surface area contributed by atoms with Gasteiger partial charge in [-0.3, -0.25) is 9.59 Å². The van der Waals surface area contributed by atoms with E-state index >= 15 is 0 Å². The summed E-state index contributed by atoms with van der Waals surface area (Å²) < 4.78 is 5.48. The lowest BCUT2D eigenvalue weighted by Crippen LogP contribution is -2.31. The Labute approximate surface area is 151 Å². The third-order valence-corrected chi connectivity index (χ3v) is 4.15. The van der Waals surface area contributed by atoms with Gasteiger partial charge < -0.3 is 15.4 Å². The first kappa shape index (κ1) is 17.6. The van der Waals surface area contributed by atoms with Gasteiger partial charge in [-0.25, -0.2) is 0 Å². The van der Waals surface area contributed by atoms with Crippen LogP contribution in [0.4, 0.5) is 5.69 Å². The SMILES string of the molecule is N#Cc1cccc(NC(=O)c2cccc(C(=O)NCC3CCCO3)c2)c1. The van der Waals surface area contributed by atoms with Crippen LogP contribution in [-0.2, 0) is 4.74 Å². The van der Waals surface area contributed by atoms with Gasteiger partial charge >= 0.3 is 0 Å². The van der Waals surface area contributed by atoms with Crippen molar-refractivity contribution in [3.63, 3.8) is 0 Å². The molecule has 132 valence electrons. The van der Waals surface area contributed by atoms with Crippen LogP contribution in [0, 0.1) is 11.3 Å². The lowest BCUT2D eigenvalue weighted by molar-refractivity contribution is 0.0858. The van der Waals surface area contributed by atoms with Crippen LogP contribution in [-0.4, -0.2) is 31.1 Å². The molecule has 1 heterocycles. The minimum absolute atomic E-state index is 0.0674. The number of carbonyl (C=O) groups excluding carboxylic acids is 2. The maximum absolute atomic E-state index is 12.4. The van der Waals surface area contributed by atoms with Crippen LogP contribution in [0.15, 0.2) is 48.5 Å². The van der Waals surface area contributed by atoms with Crippen molar-refractivity contribution < 1.29 is 14.3 Å². The van der Waals surface area contributed by atoms with Crippen molar-refractivity contribution in [2.24, 2.45) is 0 Å². The fraction of sp³-hybridized carbons (Fsp3) is 0.250. The second kappa shape index (κ2) is 8.28. The molecule has 1 atom stereocenters. The summed E-state index contributed by atoms with van der Waals surface area (Å²) in [6.07, 6.45) is 2.03. The largest absolute Gasteiger partial charge is 0.376 e. The normalized spacial score (nSPS) is 15.9. The van der Waals surface area contributed by atoms with Crippen LogP contribution in [0.5, 0.6) is 0 Å². The van der Waals surface area contributed by atoms with E-state index < -0.39 is 0 Å². The Morgan fingerprint density at radius 1 is 1.12 bits per heavy atom. The second-order valence-corrected chi connectivity index (χ2v) is 6.07. The maximum atomic E-state index is 12.4. The Morgan fingerprint density at radius 2 is 1.88 bits per heavy atom. The molecule has 3 rings (SSSR count). The zero-order chi connectivity index (χ0) is 18.4. The summed E-state index contributed by atoms with van der Waals surface area (Å²) in [7, 11) is 0. The molecule has 6 heteroatoms. The van der Waals surface area contributed by atoms with Crippen LogP contribution in [0.25, 0.3) is 0 Å². The summed E-state index contributed by atoms with van der Waals surface area (Å²) in [5, 5.41) is 14.5. The summed E-state index contributed by atoms with van der Waals surface area (Å²) in [4.78, 5) is 24.7. The van der Waals surface area contributed by atoms with E-state index in [0.717, 1.165) is 19.4 Å². The standard InChI is InChI=1S/C20H19N3O3/c21-12-14-4-1-7-17(10-14)23-20(25)16-6-2-5-15(11-16)19(24)22-13-18-8-3-9-26-18/h1-2,4-7,10-11,18H,3,8-9,13H2,(H,22,24)(H,23,25). The van der Waals surface area contributed by atoms with Crippen LogP contribution < -0.4 is 10.6 Å². The zero-order valence-electron chi connectivity index (χ0n) is 14.2. The summed E-state index contributed by atoms with van der Waals surface area (Å²) in [6, 6.07) is 15.2. The fourth-order valence-corrected chi connectivity index (χ4v) is 2.79. The third kappa shape index (κ3) is 4.47. The summed E-state index contributed by atoms with van der Waals surface area (Å²) in [6.45, 7) is 1.21. The molecule has 2 aromatic rings. The Hall–Kier alpha value is -3.17. The smallest absolute Gasteiger partial charge is 0.255 e. The Balaban J connectivity index is 1.64. The van der Waals surface area contributed by atoms with Crippen molar-refractivity contribution in [3.05, 3.63) is 65.2 Å². The molecule has 1 fully saturated rings. The molecule has 0 aromatic heterocycles. The number of hydrogen-bond donors (Lipinski definition) is 2. The molecule has 0 radical (unpaired) electrons. The van der Waals surface area contributed by atoms with Crippen molar-refractivity contribution >= 4 is 17.5 Å². The molecule has 2 N–H and O–H groups in total. The fourth-order valence-electron chi connectivity index (χ4n) is 2.79. The van der Waals surface area contributed by atoms with Gasteiger partial charge in [0.05, 0.1) is 17.7 Å². The number of anilines is 1. The van der Waals surface area contributed by atoms with Crippen LogP contribution in [0.3, 0.4) is 0 Å². The highest BCUT2D eigenvalue weighted by Gasteiger charge is 2.17.